The Labute approximate surface area is 131 Å². The van der Waals surface area contributed by atoms with Crippen LogP contribution in [0.4, 0.5) is 5.95 Å². The second kappa shape index (κ2) is 7.05. The Morgan fingerprint density at radius 3 is 2.55 bits per heavy atom. The van der Waals surface area contributed by atoms with Crippen molar-refractivity contribution in [2.24, 2.45) is 5.92 Å². The fourth-order valence-electron chi connectivity index (χ4n) is 3.11. The SMILES string of the molecule is O=C(Cc1cnc(NCC2CCCCC2)nc1)N1CC(O)C1. The third-order valence-corrected chi connectivity index (χ3v) is 4.55. The van der Waals surface area contributed by atoms with Gasteiger partial charge in [-0.1, -0.05) is 19.3 Å². The number of carbonyl (C=O) groups is 1. The first kappa shape index (κ1) is 15.2. The third-order valence-electron chi connectivity index (χ3n) is 4.55. The Morgan fingerprint density at radius 1 is 1.23 bits per heavy atom. The van der Waals surface area contributed by atoms with Crippen LogP contribution in [0.5, 0.6) is 0 Å². The van der Waals surface area contributed by atoms with Crippen molar-refractivity contribution in [2.75, 3.05) is 25.0 Å². The van der Waals surface area contributed by atoms with Crippen LogP contribution in [-0.4, -0.2) is 51.6 Å². The molecule has 2 fully saturated rings. The highest BCUT2D eigenvalue weighted by atomic mass is 16.3. The number of carbonyl (C=O) groups excluding carboxylic acids is 1. The molecule has 120 valence electrons. The minimum Gasteiger partial charge on any atom is -0.389 e. The lowest BCUT2D eigenvalue weighted by molar-refractivity contribution is -0.140. The van der Waals surface area contributed by atoms with Gasteiger partial charge in [-0.05, 0) is 24.3 Å². The van der Waals surface area contributed by atoms with E-state index < -0.39 is 0 Å². The second-order valence-corrected chi connectivity index (χ2v) is 6.43. The highest BCUT2D eigenvalue weighted by Crippen LogP contribution is 2.23. The van der Waals surface area contributed by atoms with Crippen LogP contribution in [0.2, 0.25) is 0 Å². The van der Waals surface area contributed by atoms with E-state index in [2.05, 4.69) is 15.3 Å². The van der Waals surface area contributed by atoms with Crippen LogP contribution in [0.25, 0.3) is 0 Å². The molecule has 1 amide bonds. The molecular weight excluding hydrogens is 280 g/mol. The van der Waals surface area contributed by atoms with E-state index in [1.807, 2.05) is 0 Å². The molecule has 2 N–H and O–H groups in total. The molecule has 1 aromatic rings. The molecule has 6 nitrogen and oxygen atoms in total. The van der Waals surface area contributed by atoms with Crippen LogP contribution in [0.1, 0.15) is 37.7 Å². The van der Waals surface area contributed by atoms with E-state index in [4.69, 9.17) is 0 Å². The summed E-state index contributed by atoms with van der Waals surface area (Å²) in [4.78, 5) is 22.1. The number of nitrogens with one attached hydrogen (secondary N) is 1. The van der Waals surface area contributed by atoms with Gasteiger partial charge in [-0.2, -0.15) is 0 Å². The minimum atomic E-state index is -0.355. The fraction of sp³-hybridized carbons (Fsp3) is 0.688. The Morgan fingerprint density at radius 2 is 1.91 bits per heavy atom. The third kappa shape index (κ3) is 3.94. The molecule has 0 atom stereocenters. The first-order chi connectivity index (χ1) is 10.7. The van der Waals surface area contributed by atoms with E-state index in [0.29, 0.717) is 25.5 Å². The Bertz CT molecular complexity index is 493. The van der Waals surface area contributed by atoms with Crippen LogP contribution in [0, 0.1) is 5.92 Å². The average Bonchev–Trinajstić information content (AvgIpc) is 2.52. The molecule has 0 spiro atoms. The molecule has 1 aliphatic heterocycles. The number of aromatic nitrogens is 2. The number of rotatable bonds is 5. The predicted molar refractivity (Wildman–Crippen MR) is 83.4 cm³/mol. The number of hydrogen-bond donors (Lipinski definition) is 2. The van der Waals surface area contributed by atoms with E-state index in [-0.39, 0.29) is 12.0 Å². The number of likely N-dealkylation sites (tertiary alicyclic amines) is 1. The van der Waals surface area contributed by atoms with Crippen LogP contribution < -0.4 is 5.32 Å². The van der Waals surface area contributed by atoms with Crippen molar-refractivity contribution in [2.45, 2.75) is 44.6 Å². The zero-order chi connectivity index (χ0) is 15.4. The van der Waals surface area contributed by atoms with Crippen LogP contribution in [0.15, 0.2) is 12.4 Å². The average molecular weight is 304 g/mol. The lowest BCUT2D eigenvalue weighted by Gasteiger charge is -2.35. The van der Waals surface area contributed by atoms with Gasteiger partial charge in [0.2, 0.25) is 11.9 Å². The second-order valence-electron chi connectivity index (χ2n) is 6.43. The molecule has 0 bridgehead atoms. The van der Waals surface area contributed by atoms with Crippen molar-refractivity contribution >= 4 is 11.9 Å². The number of β-amino-alcohol motifs (C(OH)–C–C–N with tert-alkyl or cyclic N) is 1. The molecule has 1 saturated heterocycles. The fourth-order valence-corrected chi connectivity index (χ4v) is 3.11. The largest absolute Gasteiger partial charge is 0.389 e. The van der Waals surface area contributed by atoms with Crippen molar-refractivity contribution in [3.63, 3.8) is 0 Å². The normalized spacial score (nSPS) is 19.8. The highest BCUT2D eigenvalue weighted by molar-refractivity contribution is 5.79. The number of hydrogen-bond acceptors (Lipinski definition) is 5. The van der Waals surface area contributed by atoms with Gasteiger partial charge in [0.1, 0.15) is 0 Å². The smallest absolute Gasteiger partial charge is 0.227 e. The Balaban J connectivity index is 1.44. The van der Waals surface area contributed by atoms with E-state index in [0.717, 1.165) is 18.0 Å². The lowest BCUT2D eigenvalue weighted by Crippen LogP contribution is -2.53. The molecule has 1 aliphatic carbocycles. The summed E-state index contributed by atoms with van der Waals surface area (Å²) in [6.45, 7) is 1.82. The highest BCUT2D eigenvalue weighted by Gasteiger charge is 2.28. The van der Waals surface area contributed by atoms with Gasteiger partial charge in [0, 0.05) is 32.0 Å². The molecule has 3 rings (SSSR count). The molecular formula is C16H24N4O2. The summed E-state index contributed by atoms with van der Waals surface area (Å²) in [5.41, 5.74) is 0.814. The number of aliphatic hydroxyl groups is 1. The zero-order valence-corrected chi connectivity index (χ0v) is 12.9. The predicted octanol–water partition coefficient (Wildman–Crippen LogP) is 1.21. The van der Waals surface area contributed by atoms with Gasteiger partial charge >= 0.3 is 0 Å². The molecule has 1 aromatic heterocycles. The molecule has 1 saturated carbocycles. The molecule has 0 unspecified atom stereocenters. The van der Waals surface area contributed by atoms with E-state index >= 15 is 0 Å². The van der Waals surface area contributed by atoms with Gasteiger partial charge in [-0.25, -0.2) is 9.97 Å². The van der Waals surface area contributed by atoms with Crippen molar-refractivity contribution in [3.8, 4) is 0 Å². The standard InChI is InChI=1S/C16H24N4O2/c21-14-10-20(11-14)15(22)6-13-8-18-16(19-9-13)17-7-12-4-2-1-3-5-12/h8-9,12,14,21H,1-7,10-11H2,(H,17,18,19). The van der Waals surface area contributed by atoms with Crippen LogP contribution in [-0.2, 0) is 11.2 Å². The van der Waals surface area contributed by atoms with Crippen molar-refractivity contribution in [3.05, 3.63) is 18.0 Å². The zero-order valence-electron chi connectivity index (χ0n) is 12.9. The van der Waals surface area contributed by atoms with Crippen molar-refractivity contribution < 1.29 is 9.90 Å². The summed E-state index contributed by atoms with van der Waals surface area (Å²) in [7, 11) is 0. The monoisotopic (exact) mass is 304 g/mol. The number of nitrogens with zero attached hydrogens (tertiary/aromatic N) is 3. The molecule has 0 radical (unpaired) electrons. The maximum Gasteiger partial charge on any atom is 0.227 e. The van der Waals surface area contributed by atoms with Crippen molar-refractivity contribution in [1.29, 1.82) is 0 Å². The van der Waals surface area contributed by atoms with Crippen LogP contribution in [0.3, 0.4) is 0 Å². The first-order valence-electron chi connectivity index (χ1n) is 8.21. The first-order valence-corrected chi connectivity index (χ1v) is 8.21. The number of anilines is 1. The van der Waals surface area contributed by atoms with Gasteiger partial charge in [0.05, 0.1) is 12.5 Å². The molecule has 0 aromatic carbocycles. The lowest BCUT2D eigenvalue weighted by atomic mass is 9.89. The van der Waals surface area contributed by atoms with Crippen LogP contribution >= 0.6 is 0 Å². The van der Waals surface area contributed by atoms with Gasteiger partial charge in [-0.15, -0.1) is 0 Å². The van der Waals surface area contributed by atoms with Gasteiger partial charge in [0.15, 0.2) is 0 Å². The number of amides is 1. The molecule has 2 aliphatic rings. The summed E-state index contributed by atoms with van der Waals surface area (Å²) < 4.78 is 0. The summed E-state index contributed by atoms with van der Waals surface area (Å²) in [5, 5.41) is 12.5. The maximum atomic E-state index is 11.9. The minimum absolute atomic E-state index is 0.0248. The van der Waals surface area contributed by atoms with Gasteiger partial charge in [-0.3, -0.25) is 4.79 Å². The number of aliphatic hydroxyl groups excluding tert-OH is 1. The topological polar surface area (TPSA) is 78.4 Å². The maximum absolute atomic E-state index is 11.9. The Hall–Kier alpha value is -1.69. The quantitative estimate of drug-likeness (QED) is 0.855. The molecule has 22 heavy (non-hydrogen) atoms. The van der Waals surface area contributed by atoms with E-state index in [1.54, 1.807) is 17.3 Å². The molecule has 2 heterocycles. The van der Waals surface area contributed by atoms with Gasteiger partial charge in [0.25, 0.3) is 0 Å². The summed E-state index contributed by atoms with van der Waals surface area (Å²) in [6.07, 6.45) is 9.99. The van der Waals surface area contributed by atoms with Crippen molar-refractivity contribution in [1.82, 2.24) is 14.9 Å². The van der Waals surface area contributed by atoms with E-state index in [9.17, 15) is 9.90 Å². The summed E-state index contributed by atoms with van der Waals surface area (Å²) in [6, 6.07) is 0. The Kier molecular flexibility index (Phi) is 4.87. The summed E-state index contributed by atoms with van der Waals surface area (Å²) in [5.74, 6) is 1.40. The van der Waals surface area contributed by atoms with E-state index in [1.165, 1.54) is 32.1 Å². The molecule has 6 heteroatoms. The van der Waals surface area contributed by atoms with Gasteiger partial charge < -0.3 is 15.3 Å². The summed E-state index contributed by atoms with van der Waals surface area (Å²) >= 11 is 0.